The van der Waals surface area contributed by atoms with E-state index in [4.69, 9.17) is 0 Å². The molecule has 1 unspecified atom stereocenters. The molecule has 5 nitrogen and oxygen atoms in total. The predicted molar refractivity (Wildman–Crippen MR) is 74.4 cm³/mol. The molecule has 2 amide bonds. The summed E-state index contributed by atoms with van der Waals surface area (Å²) in [6.45, 7) is 2.41. The monoisotopic (exact) mass is 296 g/mol. The van der Waals surface area contributed by atoms with Gasteiger partial charge in [-0.05, 0) is 31.9 Å². The number of anilines is 1. The minimum atomic E-state index is -2.59. The van der Waals surface area contributed by atoms with E-state index in [1.165, 1.54) is 12.3 Å². The zero-order chi connectivity index (χ0) is 14.9. The largest absolute Gasteiger partial charge is 0.322 e. The van der Waals surface area contributed by atoms with Crippen LogP contribution in [0, 0.1) is 0 Å². The van der Waals surface area contributed by atoms with E-state index in [0.29, 0.717) is 12.2 Å². The second-order valence-electron chi connectivity index (χ2n) is 5.64. The number of nitrogens with zero attached hydrogens (tertiary/aromatic N) is 2. The Kier molecular flexibility index (Phi) is 3.75. The summed E-state index contributed by atoms with van der Waals surface area (Å²) in [7, 11) is 0. The number of alkyl halides is 2. The highest BCUT2D eigenvalue weighted by atomic mass is 19.3. The Morgan fingerprint density at radius 2 is 2.29 bits per heavy atom. The number of hydrogen-bond donors (Lipinski definition) is 2. The summed E-state index contributed by atoms with van der Waals surface area (Å²) >= 11 is 0. The first-order valence-corrected chi connectivity index (χ1v) is 7.13. The summed E-state index contributed by atoms with van der Waals surface area (Å²) in [6, 6.07) is 1.04. The van der Waals surface area contributed by atoms with Crippen LogP contribution in [-0.2, 0) is 0 Å². The number of aromatic nitrogens is 1. The highest BCUT2D eigenvalue weighted by Crippen LogP contribution is 2.35. The van der Waals surface area contributed by atoms with Gasteiger partial charge in [0.2, 0.25) is 0 Å². The number of amides is 2. The number of rotatable bonds is 2. The SMILES string of the molecule is O=C(Nc1cncc(C(F)F)c1)N1CCCC12CCNC2. The van der Waals surface area contributed by atoms with Crippen LogP contribution in [0.1, 0.15) is 31.3 Å². The van der Waals surface area contributed by atoms with Crippen LogP contribution in [0.3, 0.4) is 0 Å². The summed E-state index contributed by atoms with van der Waals surface area (Å²) in [5.74, 6) is 0. The highest BCUT2D eigenvalue weighted by Gasteiger charge is 2.45. The average molecular weight is 296 g/mol. The van der Waals surface area contributed by atoms with Crippen LogP contribution in [0.4, 0.5) is 19.3 Å². The molecule has 0 aromatic carbocycles. The minimum absolute atomic E-state index is 0.113. The van der Waals surface area contributed by atoms with Crippen LogP contribution in [0.15, 0.2) is 18.5 Å². The zero-order valence-corrected chi connectivity index (χ0v) is 11.6. The molecule has 2 fully saturated rings. The van der Waals surface area contributed by atoms with E-state index < -0.39 is 6.43 Å². The van der Waals surface area contributed by atoms with Crippen LogP contribution >= 0.6 is 0 Å². The van der Waals surface area contributed by atoms with Crippen molar-refractivity contribution in [3.8, 4) is 0 Å². The lowest BCUT2D eigenvalue weighted by Gasteiger charge is -2.34. The molecule has 1 atom stereocenters. The van der Waals surface area contributed by atoms with Gasteiger partial charge < -0.3 is 15.5 Å². The van der Waals surface area contributed by atoms with Gasteiger partial charge in [0.25, 0.3) is 6.43 Å². The standard InChI is InChI=1S/C14H18F2N4O/c15-12(16)10-6-11(8-18-7-10)19-13(21)20-5-1-2-14(20)3-4-17-9-14/h6-8,12,17H,1-5,9H2,(H,19,21). The van der Waals surface area contributed by atoms with Crippen molar-refractivity contribution in [2.75, 3.05) is 25.0 Å². The molecule has 114 valence electrons. The molecule has 1 spiro atoms. The third kappa shape index (κ3) is 2.70. The first kappa shape index (κ1) is 14.2. The van der Waals surface area contributed by atoms with E-state index >= 15 is 0 Å². The van der Waals surface area contributed by atoms with Crippen molar-refractivity contribution < 1.29 is 13.6 Å². The van der Waals surface area contributed by atoms with E-state index in [9.17, 15) is 13.6 Å². The number of carbonyl (C=O) groups excluding carboxylic acids is 1. The maximum atomic E-state index is 12.7. The molecule has 0 saturated carbocycles. The molecule has 2 aliphatic heterocycles. The van der Waals surface area contributed by atoms with Gasteiger partial charge in [-0.25, -0.2) is 13.6 Å². The molecular formula is C14H18F2N4O. The third-order valence-electron chi connectivity index (χ3n) is 4.33. The van der Waals surface area contributed by atoms with Gasteiger partial charge in [0, 0.05) is 24.8 Å². The second-order valence-corrected chi connectivity index (χ2v) is 5.64. The molecule has 7 heteroatoms. The summed E-state index contributed by atoms with van der Waals surface area (Å²) in [5.41, 5.74) is 0.00922. The van der Waals surface area contributed by atoms with Crippen molar-refractivity contribution in [2.24, 2.45) is 0 Å². The fourth-order valence-electron chi connectivity index (χ4n) is 3.27. The number of halogens is 2. The first-order chi connectivity index (χ1) is 10.1. The van der Waals surface area contributed by atoms with Crippen LogP contribution in [0.5, 0.6) is 0 Å². The normalized spacial score (nSPS) is 25.0. The molecule has 21 heavy (non-hydrogen) atoms. The Bertz CT molecular complexity index is 526. The number of carbonyl (C=O) groups is 1. The Labute approximate surface area is 121 Å². The van der Waals surface area contributed by atoms with Gasteiger partial charge in [0.15, 0.2) is 0 Å². The molecule has 0 bridgehead atoms. The summed E-state index contributed by atoms with van der Waals surface area (Å²) in [5, 5.41) is 5.99. The second kappa shape index (κ2) is 5.55. The van der Waals surface area contributed by atoms with Gasteiger partial charge in [0.05, 0.1) is 17.4 Å². The molecule has 1 aromatic rings. The van der Waals surface area contributed by atoms with Crippen molar-refractivity contribution in [1.82, 2.24) is 15.2 Å². The Hall–Kier alpha value is -1.76. The number of likely N-dealkylation sites (tertiary alicyclic amines) is 1. The minimum Gasteiger partial charge on any atom is -0.318 e. The fraction of sp³-hybridized carbons (Fsp3) is 0.571. The van der Waals surface area contributed by atoms with Gasteiger partial charge in [-0.2, -0.15) is 0 Å². The predicted octanol–water partition coefficient (Wildman–Crippen LogP) is 2.38. The molecule has 2 N–H and O–H groups in total. The quantitative estimate of drug-likeness (QED) is 0.881. The molecule has 0 radical (unpaired) electrons. The summed E-state index contributed by atoms with van der Waals surface area (Å²) in [6.07, 6.45) is 2.81. The maximum Gasteiger partial charge on any atom is 0.322 e. The van der Waals surface area contributed by atoms with Gasteiger partial charge in [-0.15, -0.1) is 0 Å². The van der Waals surface area contributed by atoms with Gasteiger partial charge in [-0.3, -0.25) is 4.98 Å². The van der Waals surface area contributed by atoms with Gasteiger partial charge >= 0.3 is 6.03 Å². The smallest absolute Gasteiger partial charge is 0.318 e. The fourth-order valence-corrected chi connectivity index (χ4v) is 3.27. The van der Waals surface area contributed by atoms with Crippen molar-refractivity contribution >= 4 is 11.7 Å². The Balaban J connectivity index is 1.73. The zero-order valence-electron chi connectivity index (χ0n) is 11.6. The van der Waals surface area contributed by atoms with E-state index in [1.807, 2.05) is 4.90 Å². The van der Waals surface area contributed by atoms with Crippen molar-refractivity contribution in [3.05, 3.63) is 24.0 Å². The lowest BCUT2D eigenvalue weighted by Crippen LogP contribution is -2.50. The maximum absolute atomic E-state index is 12.7. The van der Waals surface area contributed by atoms with E-state index in [0.717, 1.165) is 38.5 Å². The van der Waals surface area contributed by atoms with Gasteiger partial charge in [-0.1, -0.05) is 0 Å². The number of nitrogens with one attached hydrogen (secondary N) is 2. The van der Waals surface area contributed by atoms with Gasteiger partial charge in [0.1, 0.15) is 0 Å². The number of hydrogen-bond acceptors (Lipinski definition) is 3. The van der Waals surface area contributed by atoms with Crippen molar-refractivity contribution in [2.45, 2.75) is 31.2 Å². The van der Waals surface area contributed by atoms with Crippen molar-refractivity contribution in [1.29, 1.82) is 0 Å². The molecule has 3 heterocycles. The highest BCUT2D eigenvalue weighted by molar-refractivity contribution is 5.90. The number of urea groups is 1. The third-order valence-corrected chi connectivity index (χ3v) is 4.33. The van der Waals surface area contributed by atoms with Crippen LogP contribution in [0.25, 0.3) is 0 Å². The first-order valence-electron chi connectivity index (χ1n) is 7.13. The van der Waals surface area contributed by atoms with Crippen LogP contribution in [0.2, 0.25) is 0 Å². The summed E-state index contributed by atoms with van der Waals surface area (Å²) < 4.78 is 25.3. The molecule has 2 aliphatic rings. The van der Waals surface area contributed by atoms with E-state index in [2.05, 4.69) is 15.6 Å². The molecule has 2 saturated heterocycles. The lowest BCUT2D eigenvalue weighted by molar-refractivity contribution is 0.151. The summed E-state index contributed by atoms with van der Waals surface area (Å²) in [4.78, 5) is 18.0. The van der Waals surface area contributed by atoms with Crippen LogP contribution in [-0.4, -0.2) is 41.1 Å². The molecule has 3 rings (SSSR count). The number of pyridine rings is 1. The van der Waals surface area contributed by atoms with E-state index in [-0.39, 0.29) is 17.1 Å². The Morgan fingerprint density at radius 1 is 1.43 bits per heavy atom. The average Bonchev–Trinajstić information content (AvgIpc) is 3.10. The molecule has 1 aromatic heterocycles. The van der Waals surface area contributed by atoms with Crippen LogP contribution < -0.4 is 10.6 Å². The Morgan fingerprint density at radius 3 is 3.00 bits per heavy atom. The van der Waals surface area contributed by atoms with E-state index in [1.54, 1.807) is 0 Å². The lowest BCUT2D eigenvalue weighted by atomic mass is 9.95. The molecular weight excluding hydrogens is 278 g/mol. The topological polar surface area (TPSA) is 57.3 Å². The van der Waals surface area contributed by atoms with Crippen molar-refractivity contribution in [3.63, 3.8) is 0 Å². The molecule has 0 aliphatic carbocycles.